The van der Waals surface area contributed by atoms with Crippen LogP contribution in [-0.4, -0.2) is 110 Å². The summed E-state index contributed by atoms with van der Waals surface area (Å²) < 4.78 is 11.1. The van der Waals surface area contributed by atoms with E-state index in [4.69, 9.17) is 9.47 Å². The second kappa shape index (κ2) is 40.3. The van der Waals surface area contributed by atoms with E-state index in [1.165, 1.54) is 77.0 Å². The van der Waals surface area contributed by atoms with Crippen molar-refractivity contribution in [2.45, 2.75) is 242 Å². The summed E-state index contributed by atoms with van der Waals surface area (Å²) in [6.07, 6.45) is 38.4. The predicted octanol–water partition coefficient (Wildman–Crippen LogP) is 8.72. The summed E-state index contributed by atoms with van der Waals surface area (Å²) in [5.74, 6) is -0.728. The number of carbonyl (C=O) groups excluding carboxylic acids is 1. The fourth-order valence-corrected chi connectivity index (χ4v) is 7.40. The number of ether oxygens (including phenoxy) is 2. The molecule has 1 aliphatic rings. The van der Waals surface area contributed by atoms with Gasteiger partial charge in [0.15, 0.2) is 6.29 Å². The first-order chi connectivity index (χ1) is 30.2. The molecular weight excluding hydrogens is 787 g/mol. The second-order valence-corrected chi connectivity index (χ2v) is 17.2. The predicted molar refractivity (Wildman–Crippen MR) is 251 cm³/mol. The molecule has 0 radical (unpaired) electrons. The molecule has 0 aliphatic carbocycles. The molecule has 0 bridgehead atoms. The van der Waals surface area contributed by atoms with Gasteiger partial charge in [-0.25, -0.2) is 0 Å². The van der Waals surface area contributed by atoms with Crippen molar-refractivity contribution < 1.29 is 50.0 Å². The molecule has 1 fully saturated rings. The van der Waals surface area contributed by atoms with Gasteiger partial charge in [0.2, 0.25) is 5.91 Å². The average Bonchev–Trinajstić information content (AvgIpc) is 3.27. The topological polar surface area (TPSA) is 189 Å². The van der Waals surface area contributed by atoms with E-state index in [1.807, 2.05) is 0 Å². The fraction of sp³-hybridized carbons (Fsp3) is 0.784. The highest BCUT2D eigenvalue weighted by atomic mass is 16.7. The van der Waals surface area contributed by atoms with Gasteiger partial charge < -0.3 is 50.5 Å². The summed E-state index contributed by atoms with van der Waals surface area (Å²) in [6.45, 7) is 3.37. The molecule has 1 saturated heterocycles. The third-order valence-electron chi connectivity index (χ3n) is 11.5. The van der Waals surface area contributed by atoms with Crippen LogP contribution in [0.5, 0.6) is 0 Å². The maximum atomic E-state index is 13.1. The van der Waals surface area contributed by atoms with Crippen molar-refractivity contribution in [3.8, 4) is 0 Å². The standard InChI is InChI=1S/C51H91NO10/c1-3-5-7-9-11-13-15-17-19-20-21-22-23-24-25-27-28-30-32-34-36-38-43(54)46(56)42(41-61-51-49(59)48(58)47(57)45(40-53)62-51)52-50(60)44(55)39-37-35-33-31-29-26-18-16-14-12-10-8-6-4-2/h12,14,16,18,20-21,24-25,30,32,42-49,51,53-59H,3-11,13,15,17,19,22-23,26-29,31,33-41H2,1-2H3,(H,52,60)/b14-12-,18-16-,21-20+,25-24+,32-30+. The van der Waals surface area contributed by atoms with Gasteiger partial charge in [0.05, 0.1) is 25.4 Å². The molecule has 0 aromatic carbocycles. The van der Waals surface area contributed by atoms with Crippen LogP contribution in [-0.2, 0) is 14.3 Å². The summed E-state index contributed by atoms with van der Waals surface area (Å²) >= 11 is 0. The van der Waals surface area contributed by atoms with Gasteiger partial charge in [-0.2, -0.15) is 0 Å². The van der Waals surface area contributed by atoms with E-state index in [1.54, 1.807) is 0 Å². The SMILES string of the molecule is CCCCC/C=C\C=C/CCCCCCCC(O)C(=O)NC(COC1OC(CO)C(O)C(O)C1O)C(O)C(O)CCC/C=C/CC/C=C/CC/C=C/CCCCCCCCCC. The molecule has 0 spiro atoms. The third kappa shape index (κ3) is 29.3. The average molecular weight is 878 g/mol. The maximum Gasteiger partial charge on any atom is 0.249 e. The Bertz CT molecular complexity index is 1190. The van der Waals surface area contributed by atoms with E-state index >= 15 is 0 Å². The van der Waals surface area contributed by atoms with Crippen molar-refractivity contribution in [1.29, 1.82) is 0 Å². The lowest BCUT2D eigenvalue weighted by Gasteiger charge is -2.40. The summed E-state index contributed by atoms with van der Waals surface area (Å²) in [7, 11) is 0. The Labute approximate surface area is 376 Å². The summed E-state index contributed by atoms with van der Waals surface area (Å²) in [5, 5.41) is 75.7. The van der Waals surface area contributed by atoms with Gasteiger partial charge in [0.25, 0.3) is 0 Å². The number of amides is 1. The Kier molecular flexibility index (Phi) is 37.6. The third-order valence-corrected chi connectivity index (χ3v) is 11.5. The highest BCUT2D eigenvalue weighted by molar-refractivity contribution is 5.80. The summed E-state index contributed by atoms with van der Waals surface area (Å²) in [6, 6.07) is -1.20. The maximum absolute atomic E-state index is 13.1. The van der Waals surface area contributed by atoms with Crippen molar-refractivity contribution in [3.05, 3.63) is 60.8 Å². The molecule has 1 amide bonds. The van der Waals surface area contributed by atoms with E-state index in [9.17, 15) is 40.5 Å². The van der Waals surface area contributed by atoms with Crippen LogP contribution in [0.3, 0.4) is 0 Å². The number of unbranched alkanes of at least 4 members (excludes halogenated alkanes) is 19. The normalized spacial score (nSPS) is 21.9. The van der Waals surface area contributed by atoms with Gasteiger partial charge >= 0.3 is 0 Å². The molecule has 0 aromatic rings. The quantitative estimate of drug-likeness (QED) is 0.0168. The molecule has 11 heteroatoms. The number of aliphatic hydroxyl groups is 7. The van der Waals surface area contributed by atoms with Crippen molar-refractivity contribution in [2.75, 3.05) is 13.2 Å². The van der Waals surface area contributed by atoms with Crippen molar-refractivity contribution in [3.63, 3.8) is 0 Å². The first kappa shape index (κ1) is 57.8. The minimum absolute atomic E-state index is 0.229. The van der Waals surface area contributed by atoms with E-state index < -0.39 is 74.2 Å². The van der Waals surface area contributed by atoms with Crippen LogP contribution in [0.25, 0.3) is 0 Å². The zero-order valence-electron chi connectivity index (χ0n) is 38.8. The van der Waals surface area contributed by atoms with Gasteiger partial charge in [-0.3, -0.25) is 4.79 Å². The Morgan fingerprint density at radius 3 is 1.56 bits per heavy atom. The molecule has 9 unspecified atom stereocenters. The Hall–Kier alpha value is -2.19. The van der Waals surface area contributed by atoms with Crippen LogP contribution in [0.1, 0.15) is 187 Å². The molecule has 1 aliphatic heterocycles. The lowest BCUT2D eigenvalue weighted by atomic mass is 9.98. The number of nitrogens with one attached hydrogen (secondary N) is 1. The largest absolute Gasteiger partial charge is 0.394 e. The lowest BCUT2D eigenvalue weighted by molar-refractivity contribution is -0.303. The van der Waals surface area contributed by atoms with Crippen LogP contribution in [0.15, 0.2) is 60.8 Å². The molecule has 9 atom stereocenters. The zero-order chi connectivity index (χ0) is 45.5. The second-order valence-electron chi connectivity index (χ2n) is 17.2. The number of carbonyl (C=O) groups is 1. The lowest BCUT2D eigenvalue weighted by Crippen LogP contribution is -2.60. The van der Waals surface area contributed by atoms with Crippen LogP contribution >= 0.6 is 0 Å². The number of hydrogen-bond acceptors (Lipinski definition) is 10. The highest BCUT2D eigenvalue weighted by Crippen LogP contribution is 2.23. The van der Waals surface area contributed by atoms with Gasteiger partial charge in [0, 0.05) is 0 Å². The van der Waals surface area contributed by atoms with Crippen LogP contribution in [0.2, 0.25) is 0 Å². The Balaban J connectivity index is 2.47. The molecule has 1 rings (SSSR count). The number of rotatable bonds is 40. The molecule has 8 N–H and O–H groups in total. The van der Waals surface area contributed by atoms with Crippen molar-refractivity contribution in [2.24, 2.45) is 0 Å². The minimum Gasteiger partial charge on any atom is -0.394 e. The van der Waals surface area contributed by atoms with E-state index in [-0.39, 0.29) is 12.8 Å². The zero-order valence-corrected chi connectivity index (χ0v) is 38.8. The minimum atomic E-state index is -1.68. The van der Waals surface area contributed by atoms with Crippen molar-refractivity contribution >= 4 is 5.91 Å². The van der Waals surface area contributed by atoms with Gasteiger partial charge in [-0.05, 0) is 89.9 Å². The summed E-state index contributed by atoms with van der Waals surface area (Å²) in [4.78, 5) is 13.1. The van der Waals surface area contributed by atoms with Gasteiger partial charge in [0.1, 0.15) is 36.6 Å². The van der Waals surface area contributed by atoms with E-state index in [0.29, 0.717) is 19.3 Å². The van der Waals surface area contributed by atoms with Crippen molar-refractivity contribution in [1.82, 2.24) is 5.32 Å². The van der Waals surface area contributed by atoms with E-state index in [2.05, 4.69) is 79.9 Å². The number of aliphatic hydroxyl groups excluding tert-OH is 7. The molecule has 0 aromatic heterocycles. The van der Waals surface area contributed by atoms with Gasteiger partial charge in [-0.15, -0.1) is 0 Å². The Morgan fingerprint density at radius 2 is 1.02 bits per heavy atom. The molecule has 62 heavy (non-hydrogen) atoms. The molecule has 11 nitrogen and oxygen atoms in total. The first-order valence-corrected chi connectivity index (χ1v) is 24.7. The first-order valence-electron chi connectivity index (χ1n) is 24.7. The fourth-order valence-electron chi connectivity index (χ4n) is 7.40. The summed E-state index contributed by atoms with van der Waals surface area (Å²) in [5.41, 5.74) is 0. The smallest absolute Gasteiger partial charge is 0.249 e. The highest BCUT2D eigenvalue weighted by Gasteiger charge is 2.44. The number of hydrogen-bond donors (Lipinski definition) is 8. The Morgan fingerprint density at radius 1 is 0.565 bits per heavy atom. The van der Waals surface area contributed by atoms with Crippen LogP contribution < -0.4 is 5.32 Å². The number of allylic oxidation sites excluding steroid dienone is 10. The van der Waals surface area contributed by atoms with Gasteiger partial charge in [-0.1, -0.05) is 158 Å². The molecule has 1 heterocycles. The van der Waals surface area contributed by atoms with Crippen LogP contribution in [0.4, 0.5) is 0 Å². The molecule has 0 saturated carbocycles. The molecular formula is C51H91NO10. The van der Waals surface area contributed by atoms with E-state index in [0.717, 1.165) is 64.2 Å². The molecule has 360 valence electrons. The van der Waals surface area contributed by atoms with Crippen LogP contribution in [0, 0.1) is 0 Å². The monoisotopic (exact) mass is 878 g/mol.